The number of ether oxygens (including phenoxy) is 1. The van der Waals surface area contributed by atoms with E-state index in [-0.39, 0.29) is 5.76 Å². The first-order chi connectivity index (χ1) is 5.57. The van der Waals surface area contributed by atoms with Gasteiger partial charge in [-0.05, 0) is 0 Å². The average Bonchev–Trinajstić information content (AvgIpc) is 2.32. The monoisotopic (exact) mass is 172 g/mol. The van der Waals surface area contributed by atoms with Crippen LogP contribution in [0.1, 0.15) is 0 Å². The second kappa shape index (κ2) is 3.04. The van der Waals surface area contributed by atoms with Gasteiger partial charge in [0.25, 0.3) is 5.78 Å². The average molecular weight is 172 g/mol. The fraction of sp³-hybridized carbons (Fsp3) is 0.429. The number of allylic oxidation sites excluding steroid dienone is 1. The topological polar surface area (TPSA) is 83.8 Å². The summed E-state index contributed by atoms with van der Waals surface area (Å²) in [6.07, 6.45) is -2.64. The largest absolute Gasteiger partial charge is 0.476 e. The van der Waals surface area contributed by atoms with E-state index in [1.807, 2.05) is 0 Å². The van der Waals surface area contributed by atoms with Gasteiger partial charge < -0.3 is 14.9 Å². The van der Waals surface area contributed by atoms with Crippen molar-refractivity contribution in [3.8, 4) is 0 Å². The molecule has 5 heteroatoms. The number of hydrogen-bond donors (Lipinski definition) is 2. The second-order valence-corrected chi connectivity index (χ2v) is 2.40. The smallest absolute Gasteiger partial charge is 0.266 e. The van der Waals surface area contributed by atoms with Gasteiger partial charge >= 0.3 is 0 Å². The minimum absolute atomic E-state index is 0.280. The van der Waals surface area contributed by atoms with Gasteiger partial charge in [-0.25, -0.2) is 0 Å². The molecule has 0 aliphatic carbocycles. The standard InChI is InChI=1S/C7H8O5/c1-3-5(10)6(11)7(12-3)4(9)2-8/h4,7-9H,1-2H2. The van der Waals surface area contributed by atoms with Gasteiger partial charge in [0.05, 0.1) is 6.61 Å². The van der Waals surface area contributed by atoms with Crippen molar-refractivity contribution >= 4 is 11.6 Å². The number of carbonyl (C=O) groups is 2. The van der Waals surface area contributed by atoms with Crippen molar-refractivity contribution in [2.24, 2.45) is 0 Å². The van der Waals surface area contributed by atoms with Crippen LogP contribution in [-0.4, -0.2) is 40.6 Å². The molecule has 1 saturated heterocycles. The molecule has 1 heterocycles. The van der Waals surface area contributed by atoms with Crippen LogP contribution in [0.4, 0.5) is 0 Å². The molecule has 0 saturated carbocycles. The van der Waals surface area contributed by atoms with Crippen LogP contribution in [0.25, 0.3) is 0 Å². The van der Waals surface area contributed by atoms with E-state index in [9.17, 15) is 9.59 Å². The molecule has 0 spiro atoms. The third kappa shape index (κ3) is 1.24. The molecule has 1 rings (SSSR count). The molecule has 0 amide bonds. The zero-order valence-electron chi connectivity index (χ0n) is 6.19. The minimum Gasteiger partial charge on any atom is -0.476 e. The summed E-state index contributed by atoms with van der Waals surface area (Å²) in [5, 5.41) is 17.4. The van der Waals surface area contributed by atoms with E-state index in [1.54, 1.807) is 0 Å². The lowest BCUT2D eigenvalue weighted by molar-refractivity contribution is -0.137. The maximum Gasteiger partial charge on any atom is 0.266 e. The van der Waals surface area contributed by atoms with Crippen LogP contribution < -0.4 is 0 Å². The molecule has 1 aliphatic rings. The lowest BCUT2D eigenvalue weighted by Gasteiger charge is -2.12. The van der Waals surface area contributed by atoms with Crippen molar-refractivity contribution in [2.75, 3.05) is 6.61 Å². The lowest BCUT2D eigenvalue weighted by Crippen LogP contribution is -2.35. The molecule has 2 atom stereocenters. The summed E-state index contributed by atoms with van der Waals surface area (Å²) < 4.78 is 4.63. The van der Waals surface area contributed by atoms with E-state index < -0.39 is 30.4 Å². The van der Waals surface area contributed by atoms with Crippen LogP contribution in [0.5, 0.6) is 0 Å². The fourth-order valence-corrected chi connectivity index (χ4v) is 0.876. The van der Waals surface area contributed by atoms with Gasteiger partial charge in [-0.2, -0.15) is 0 Å². The third-order valence-corrected chi connectivity index (χ3v) is 1.54. The summed E-state index contributed by atoms with van der Waals surface area (Å²) in [4.78, 5) is 21.7. The van der Waals surface area contributed by atoms with Crippen molar-refractivity contribution < 1.29 is 24.5 Å². The summed E-state index contributed by atoms with van der Waals surface area (Å²) >= 11 is 0. The van der Waals surface area contributed by atoms with Crippen LogP contribution in [-0.2, 0) is 14.3 Å². The Morgan fingerprint density at radius 2 is 2.17 bits per heavy atom. The Bertz CT molecular complexity index is 244. The maximum atomic E-state index is 10.9. The highest BCUT2D eigenvalue weighted by Gasteiger charge is 2.41. The van der Waals surface area contributed by atoms with Crippen LogP contribution in [0.15, 0.2) is 12.3 Å². The summed E-state index contributed by atoms with van der Waals surface area (Å²) in [6, 6.07) is 0. The van der Waals surface area contributed by atoms with E-state index in [0.29, 0.717) is 0 Å². The third-order valence-electron chi connectivity index (χ3n) is 1.54. The second-order valence-electron chi connectivity index (χ2n) is 2.40. The number of aliphatic hydroxyl groups is 2. The molecule has 5 nitrogen and oxygen atoms in total. The molecule has 2 N–H and O–H groups in total. The Hall–Kier alpha value is -1.20. The van der Waals surface area contributed by atoms with Gasteiger partial charge in [0.1, 0.15) is 6.10 Å². The Kier molecular flexibility index (Phi) is 2.25. The van der Waals surface area contributed by atoms with E-state index in [2.05, 4.69) is 11.3 Å². The quantitative estimate of drug-likeness (QED) is 0.386. The van der Waals surface area contributed by atoms with E-state index in [1.165, 1.54) is 0 Å². The number of rotatable bonds is 2. The zero-order chi connectivity index (χ0) is 9.30. The van der Waals surface area contributed by atoms with Gasteiger partial charge in [-0.3, -0.25) is 9.59 Å². The predicted molar refractivity (Wildman–Crippen MR) is 37.1 cm³/mol. The first-order valence-corrected chi connectivity index (χ1v) is 3.31. The van der Waals surface area contributed by atoms with Gasteiger partial charge in [-0.15, -0.1) is 0 Å². The molecule has 66 valence electrons. The molecular weight excluding hydrogens is 164 g/mol. The highest BCUT2D eigenvalue weighted by molar-refractivity contribution is 6.46. The highest BCUT2D eigenvalue weighted by atomic mass is 16.5. The molecule has 0 aromatic rings. The molecule has 1 aliphatic heterocycles. The van der Waals surface area contributed by atoms with Crippen LogP contribution >= 0.6 is 0 Å². The van der Waals surface area contributed by atoms with Crippen LogP contribution in [0, 0.1) is 0 Å². The number of Topliss-reactive ketones (excluding diaryl/α,β-unsaturated/α-hetero) is 2. The zero-order valence-corrected chi connectivity index (χ0v) is 6.19. The molecule has 0 aromatic carbocycles. The molecule has 0 bridgehead atoms. The maximum absolute atomic E-state index is 10.9. The van der Waals surface area contributed by atoms with E-state index in [0.717, 1.165) is 0 Å². The van der Waals surface area contributed by atoms with Crippen molar-refractivity contribution in [2.45, 2.75) is 12.2 Å². The van der Waals surface area contributed by atoms with Crippen molar-refractivity contribution in [1.29, 1.82) is 0 Å². The van der Waals surface area contributed by atoms with Crippen molar-refractivity contribution in [3.05, 3.63) is 12.3 Å². The number of hydrogen-bond acceptors (Lipinski definition) is 5. The van der Waals surface area contributed by atoms with Gasteiger partial charge in [-0.1, -0.05) is 6.58 Å². The summed E-state index contributed by atoms with van der Waals surface area (Å²) in [5.74, 6) is -1.98. The molecule has 12 heavy (non-hydrogen) atoms. The van der Waals surface area contributed by atoms with Crippen LogP contribution in [0.2, 0.25) is 0 Å². The van der Waals surface area contributed by atoms with E-state index in [4.69, 9.17) is 10.2 Å². The summed E-state index contributed by atoms with van der Waals surface area (Å²) in [5.41, 5.74) is 0. The number of ketones is 2. The van der Waals surface area contributed by atoms with Crippen molar-refractivity contribution in [1.82, 2.24) is 0 Å². The first kappa shape index (κ1) is 8.89. The van der Waals surface area contributed by atoms with Gasteiger partial charge in [0.2, 0.25) is 5.78 Å². The number of aliphatic hydroxyl groups excluding tert-OH is 2. The van der Waals surface area contributed by atoms with Gasteiger partial charge in [0.15, 0.2) is 11.9 Å². The summed E-state index contributed by atoms with van der Waals surface area (Å²) in [7, 11) is 0. The predicted octanol–water partition coefficient (Wildman–Crippen LogP) is -1.61. The van der Waals surface area contributed by atoms with Crippen LogP contribution in [0.3, 0.4) is 0 Å². The van der Waals surface area contributed by atoms with Crippen molar-refractivity contribution in [3.63, 3.8) is 0 Å². The molecule has 0 aromatic heterocycles. The molecule has 1 fully saturated rings. The highest BCUT2D eigenvalue weighted by Crippen LogP contribution is 2.17. The normalized spacial score (nSPS) is 25.8. The Balaban J connectivity index is 2.78. The Labute approximate surface area is 68.3 Å². The molecular formula is C7H8O5. The lowest BCUT2D eigenvalue weighted by atomic mass is 10.1. The Morgan fingerprint density at radius 1 is 1.58 bits per heavy atom. The van der Waals surface area contributed by atoms with E-state index >= 15 is 0 Å². The fourth-order valence-electron chi connectivity index (χ4n) is 0.876. The molecule has 2 unspecified atom stereocenters. The molecule has 0 radical (unpaired) electrons. The summed E-state index contributed by atoms with van der Waals surface area (Å²) in [6.45, 7) is 2.54. The number of carbonyl (C=O) groups excluding carboxylic acids is 2. The Morgan fingerprint density at radius 3 is 2.50 bits per heavy atom. The first-order valence-electron chi connectivity index (χ1n) is 3.31. The SMILES string of the molecule is C=C1OC(C(O)CO)C(=O)C1=O. The van der Waals surface area contributed by atoms with Gasteiger partial charge in [0, 0.05) is 0 Å². The minimum atomic E-state index is -1.36.